The summed E-state index contributed by atoms with van der Waals surface area (Å²) >= 11 is 0. The number of hydrogen-bond acceptors (Lipinski definition) is 3. The van der Waals surface area contributed by atoms with Crippen LogP contribution in [0.4, 0.5) is 0 Å². The van der Waals surface area contributed by atoms with Gasteiger partial charge in [-0.1, -0.05) is 13.3 Å². The van der Waals surface area contributed by atoms with Gasteiger partial charge in [-0.2, -0.15) is 0 Å². The molecule has 2 rings (SSSR count). The number of carboxylic acids is 1. The summed E-state index contributed by atoms with van der Waals surface area (Å²) in [5.41, 5.74) is -0.713. The Bertz CT molecular complexity index is 454. The van der Waals surface area contributed by atoms with E-state index in [1.54, 1.807) is 0 Å². The maximum Gasteiger partial charge on any atom is 0.324 e. The minimum absolute atomic E-state index is 0.0128. The van der Waals surface area contributed by atoms with Crippen LogP contribution < -0.4 is 0 Å². The van der Waals surface area contributed by atoms with Gasteiger partial charge in [-0.3, -0.25) is 9.69 Å². The zero-order chi connectivity index (χ0) is 14.0. The molecule has 0 bridgehead atoms. The first kappa shape index (κ1) is 14.1. The summed E-state index contributed by atoms with van der Waals surface area (Å²) in [7, 11) is 0. The molecule has 0 aromatic carbocycles. The lowest BCUT2D eigenvalue weighted by molar-refractivity contribution is -0.152. The first-order chi connectivity index (χ1) is 9.01. The minimum Gasteiger partial charge on any atom is -0.480 e. The van der Waals surface area contributed by atoms with E-state index < -0.39 is 11.5 Å². The van der Waals surface area contributed by atoms with Crippen LogP contribution in [0.1, 0.15) is 57.1 Å². The molecule has 1 aromatic rings. The summed E-state index contributed by atoms with van der Waals surface area (Å²) in [5, 5.41) is 9.69. The van der Waals surface area contributed by atoms with Gasteiger partial charge in [0.2, 0.25) is 0 Å². The molecule has 1 fully saturated rings. The van der Waals surface area contributed by atoms with Crippen molar-refractivity contribution in [2.24, 2.45) is 0 Å². The summed E-state index contributed by atoms with van der Waals surface area (Å²) in [6.07, 6.45) is 3.26. The highest BCUT2D eigenvalue weighted by Crippen LogP contribution is 2.40. The second kappa shape index (κ2) is 5.37. The highest BCUT2D eigenvalue weighted by Gasteiger charge is 2.49. The Labute approximate surface area is 114 Å². The molecule has 4 heteroatoms. The SMILES string of the molecule is CCCC1(C(=O)O)CCCN1C(C)c1ccc(C)o1. The number of aryl methyl sites for hydroxylation is 1. The standard InChI is InChI=1S/C15H23NO3/c1-4-8-15(14(17)18)9-5-10-16(15)12(3)13-7-6-11(2)19-13/h6-7,12H,4-5,8-10H2,1-3H3,(H,17,18). The Balaban J connectivity index is 2.28. The molecule has 1 aromatic heterocycles. The molecule has 1 aliphatic heterocycles. The Kier molecular flexibility index (Phi) is 3.99. The quantitative estimate of drug-likeness (QED) is 0.886. The van der Waals surface area contributed by atoms with Crippen LogP contribution in [-0.2, 0) is 4.79 Å². The predicted octanol–water partition coefficient (Wildman–Crippen LogP) is 3.37. The highest BCUT2D eigenvalue weighted by molar-refractivity contribution is 5.79. The van der Waals surface area contributed by atoms with Crippen molar-refractivity contribution < 1.29 is 14.3 Å². The van der Waals surface area contributed by atoms with E-state index in [1.165, 1.54) is 0 Å². The van der Waals surface area contributed by atoms with Crippen LogP contribution in [0, 0.1) is 6.92 Å². The molecule has 2 atom stereocenters. The number of rotatable bonds is 5. The second-order valence-corrected chi connectivity index (χ2v) is 5.51. The van der Waals surface area contributed by atoms with Crippen molar-refractivity contribution in [1.82, 2.24) is 4.90 Å². The highest BCUT2D eigenvalue weighted by atomic mass is 16.4. The summed E-state index contributed by atoms with van der Waals surface area (Å²) < 4.78 is 5.67. The summed E-state index contributed by atoms with van der Waals surface area (Å²) in [6.45, 7) is 6.82. The van der Waals surface area contributed by atoms with E-state index in [4.69, 9.17) is 4.42 Å². The Hall–Kier alpha value is -1.29. The average molecular weight is 265 g/mol. The number of nitrogens with zero attached hydrogens (tertiary/aromatic N) is 1. The summed E-state index contributed by atoms with van der Waals surface area (Å²) in [6, 6.07) is 3.90. The lowest BCUT2D eigenvalue weighted by Gasteiger charge is -2.38. The average Bonchev–Trinajstić information content (AvgIpc) is 2.96. The van der Waals surface area contributed by atoms with E-state index in [0.717, 1.165) is 37.3 Å². The van der Waals surface area contributed by atoms with E-state index in [9.17, 15) is 9.90 Å². The van der Waals surface area contributed by atoms with Gasteiger partial charge in [0, 0.05) is 6.54 Å². The number of furan rings is 1. The van der Waals surface area contributed by atoms with Crippen molar-refractivity contribution >= 4 is 5.97 Å². The lowest BCUT2D eigenvalue weighted by atomic mass is 9.89. The normalized spacial score (nSPS) is 25.6. The van der Waals surface area contributed by atoms with Crippen LogP contribution in [0.25, 0.3) is 0 Å². The predicted molar refractivity (Wildman–Crippen MR) is 73.1 cm³/mol. The van der Waals surface area contributed by atoms with Crippen LogP contribution in [0.2, 0.25) is 0 Å². The van der Waals surface area contributed by atoms with Crippen molar-refractivity contribution in [3.05, 3.63) is 23.7 Å². The lowest BCUT2D eigenvalue weighted by Crippen LogP contribution is -2.51. The maximum atomic E-state index is 11.8. The van der Waals surface area contributed by atoms with Crippen LogP contribution in [0.3, 0.4) is 0 Å². The maximum absolute atomic E-state index is 11.8. The minimum atomic E-state index is -0.713. The molecule has 1 saturated heterocycles. The summed E-state index contributed by atoms with van der Waals surface area (Å²) in [5.74, 6) is 1.04. The van der Waals surface area contributed by atoms with Crippen molar-refractivity contribution in [2.75, 3.05) is 6.54 Å². The Morgan fingerprint density at radius 1 is 1.58 bits per heavy atom. The van der Waals surface area contributed by atoms with Crippen molar-refractivity contribution in [2.45, 2.75) is 58.0 Å². The van der Waals surface area contributed by atoms with E-state index in [1.807, 2.05) is 32.9 Å². The van der Waals surface area contributed by atoms with Crippen molar-refractivity contribution in [3.63, 3.8) is 0 Å². The van der Waals surface area contributed by atoms with Gasteiger partial charge < -0.3 is 9.52 Å². The molecule has 0 spiro atoms. The molecular weight excluding hydrogens is 242 g/mol. The van der Waals surface area contributed by atoms with Gasteiger partial charge in [0.1, 0.15) is 17.1 Å². The molecule has 2 unspecified atom stereocenters. The van der Waals surface area contributed by atoms with Crippen LogP contribution >= 0.6 is 0 Å². The fourth-order valence-electron chi connectivity index (χ4n) is 3.31. The van der Waals surface area contributed by atoms with E-state index in [-0.39, 0.29) is 6.04 Å². The molecule has 106 valence electrons. The molecule has 2 heterocycles. The zero-order valence-corrected chi connectivity index (χ0v) is 12.0. The van der Waals surface area contributed by atoms with Gasteiger partial charge >= 0.3 is 5.97 Å². The van der Waals surface area contributed by atoms with Crippen LogP contribution in [0.5, 0.6) is 0 Å². The van der Waals surface area contributed by atoms with Gasteiger partial charge in [0.25, 0.3) is 0 Å². The molecule has 0 aliphatic carbocycles. The van der Waals surface area contributed by atoms with E-state index in [0.29, 0.717) is 6.42 Å². The van der Waals surface area contributed by atoms with E-state index in [2.05, 4.69) is 4.90 Å². The largest absolute Gasteiger partial charge is 0.480 e. The molecular formula is C15H23NO3. The monoisotopic (exact) mass is 265 g/mol. The van der Waals surface area contributed by atoms with Gasteiger partial charge in [-0.15, -0.1) is 0 Å². The fourth-order valence-corrected chi connectivity index (χ4v) is 3.31. The van der Waals surface area contributed by atoms with Crippen molar-refractivity contribution in [3.8, 4) is 0 Å². The first-order valence-electron chi connectivity index (χ1n) is 7.07. The number of likely N-dealkylation sites (tertiary alicyclic amines) is 1. The number of hydrogen-bond donors (Lipinski definition) is 1. The smallest absolute Gasteiger partial charge is 0.324 e. The van der Waals surface area contributed by atoms with Crippen LogP contribution in [-0.4, -0.2) is 28.1 Å². The number of carbonyl (C=O) groups is 1. The third-order valence-electron chi connectivity index (χ3n) is 4.24. The second-order valence-electron chi connectivity index (χ2n) is 5.51. The molecule has 0 radical (unpaired) electrons. The van der Waals surface area contributed by atoms with E-state index >= 15 is 0 Å². The first-order valence-corrected chi connectivity index (χ1v) is 7.07. The van der Waals surface area contributed by atoms with Gasteiger partial charge in [0.15, 0.2) is 0 Å². The molecule has 4 nitrogen and oxygen atoms in total. The Morgan fingerprint density at radius 2 is 2.32 bits per heavy atom. The topological polar surface area (TPSA) is 53.7 Å². The fraction of sp³-hybridized carbons (Fsp3) is 0.667. The van der Waals surface area contributed by atoms with Gasteiger partial charge in [-0.05, 0) is 45.2 Å². The molecule has 0 amide bonds. The third kappa shape index (κ3) is 2.41. The Morgan fingerprint density at radius 3 is 2.84 bits per heavy atom. The van der Waals surface area contributed by atoms with Gasteiger partial charge in [-0.25, -0.2) is 0 Å². The van der Waals surface area contributed by atoms with Gasteiger partial charge in [0.05, 0.1) is 6.04 Å². The molecule has 0 saturated carbocycles. The number of aliphatic carboxylic acids is 1. The molecule has 19 heavy (non-hydrogen) atoms. The number of carboxylic acid groups (broad SMARTS) is 1. The van der Waals surface area contributed by atoms with Crippen molar-refractivity contribution in [1.29, 1.82) is 0 Å². The zero-order valence-electron chi connectivity index (χ0n) is 12.0. The molecule has 1 N–H and O–H groups in total. The summed E-state index contributed by atoms with van der Waals surface area (Å²) in [4.78, 5) is 13.9. The van der Waals surface area contributed by atoms with Crippen LogP contribution in [0.15, 0.2) is 16.5 Å². The molecule has 1 aliphatic rings. The third-order valence-corrected chi connectivity index (χ3v) is 4.24.